The number of sulfonamides is 1. The lowest BCUT2D eigenvalue weighted by molar-refractivity contribution is 0.311. The zero-order valence-corrected chi connectivity index (χ0v) is 18.1. The van der Waals surface area contributed by atoms with E-state index in [1.807, 2.05) is 19.1 Å². The van der Waals surface area contributed by atoms with Crippen molar-refractivity contribution in [1.82, 2.24) is 10.0 Å². The minimum atomic E-state index is -3.18. The number of ether oxygens (including phenoxy) is 2. The summed E-state index contributed by atoms with van der Waals surface area (Å²) in [7, 11) is 0.0311. The highest BCUT2D eigenvalue weighted by molar-refractivity contribution is 14.0. The Morgan fingerprint density at radius 2 is 1.92 bits per heavy atom. The molecule has 0 saturated carbocycles. The standard InChI is InChI=1S/C15H26N4O4S.HI/c1-5-23-13-8-7-12(11-14(13)22-4)19-15(16-3)17-9-10-18-24(20,21)6-2;/h7-8,11,18H,5-6,9-10H2,1-4H3,(H2,16,17,19);1H. The van der Waals surface area contributed by atoms with Crippen molar-refractivity contribution in [3.8, 4) is 11.5 Å². The van der Waals surface area contributed by atoms with Crippen LogP contribution in [-0.2, 0) is 10.0 Å². The Bertz CT molecular complexity index is 653. The van der Waals surface area contributed by atoms with Crippen LogP contribution in [-0.4, -0.2) is 54.0 Å². The van der Waals surface area contributed by atoms with Crippen LogP contribution >= 0.6 is 24.0 Å². The minimum Gasteiger partial charge on any atom is -0.493 e. The summed E-state index contributed by atoms with van der Waals surface area (Å²) in [5.41, 5.74) is 0.776. The van der Waals surface area contributed by atoms with Crippen LogP contribution < -0.4 is 24.8 Å². The Hall–Kier alpha value is -1.27. The molecule has 8 nitrogen and oxygen atoms in total. The highest BCUT2D eigenvalue weighted by Gasteiger charge is 2.08. The van der Waals surface area contributed by atoms with Gasteiger partial charge in [-0.25, -0.2) is 13.1 Å². The van der Waals surface area contributed by atoms with E-state index in [0.717, 1.165) is 5.69 Å². The van der Waals surface area contributed by atoms with Gasteiger partial charge in [0.05, 0.1) is 19.5 Å². The van der Waals surface area contributed by atoms with E-state index >= 15 is 0 Å². The molecule has 1 aromatic rings. The molecule has 0 atom stereocenters. The van der Waals surface area contributed by atoms with Gasteiger partial charge in [-0.3, -0.25) is 4.99 Å². The number of methoxy groups -OCH3 is 1. The Labute approximate surface area is 166 Å². The molecule has 0 aliphatic rings. The molecule has 0 fully saturated rings. The van der Waals surface area contributed by atoms with Crippen molar-refractivity contribution < 1.29 is 17.9 Å². The first-order valence-electron chi connectivity index (χ1n) is 7.71. The number of hydrogen-bond acceptors (Lipinski definition) is 5. The Kier molecular flexibility index (Phi) is 11.5. The molecule has 0 unspecified atom stereocenters. The van der Waals surface area contributed by atoms with E-state index in [9.17, 15) is 8.42 Å². The van der Waals surface area contributed by atoms with Crippen LogP contribution in [0.2, 0.25) is 0 Å². The Morgan fingerprint density at radius 1 is 1.20 bits per heavy atom. The van der Waals surface area contributed by atoms with Crippen molar-refractivity contribution in [3.05, 3.63) is 18.2 Å². The fourth-order valence-corrected chi connectivity index (χ4v) is 2.44. The van der Waals surface area contributed by atoms with Crippen molar-refractivity contribution >= 4 is 45.6 Å². The van der Waals surface area contributed by atoms with Crippen LogP contribution in [0.15, 0.2) is 23.2 Å². The largest absolute Gasteiger partial charge is 0.493 e. The SMILES string of the molecule is CCOc1ccc(NC(=NC)NCCNS(=O)(=O)CC)cc1OC.I. The maximum absolute atomic E-state index is 11.3. The van der Waals surface area contributed by atoms with Gasteiger partial charge >= 0.3 is 0 Å². The molecule has 144 valence electrons. The van der Waals surface area contributed by atoms with Crippen LogP contribution in [0.5, 0.6) is 11.5 Å². The van der Waals surface area contributed by atoms with Gasteiger partial charge < -0.3 is 20.1 Å². The summed E-state index contributed by atoms with van der Waals surface area (Å²) in [6.45, 7) is 4.75. The number of hydrogen-bond donors (Lipinski definition) is 3. The maximum atomic E-state index is 11.3. The second-order valence-corrected chi connectivity index (χ2v) is 6.82. The van der Waals surface area contributed by atoms with E-state index in [1.54, 1.807) is 27.1 Å². The molecule has 0 heterocycles. The fraction of sp³-hybridized carbons (Fsp3) is 0.533. The molecule has 0 aliphatic heterocycles. The lowest BCUT2D eigenvalue weighted by Gasteiger charge is -2.14. The summed E-state index contributed by atoms with van der Waals surface area (Å²) in [5, 5.41) is 6.14. The first-order valence-corrected chi connectivity index (χ1v) is 9.36. The molecule has 0 amide bonds. The second kappa shape index (κ2) is 12.1. The van der Waals surface area contributed by atoms with E-state index in [-0.39, 0.29) is 36.3 Å². The maximum Gasteiger partial charge on any atom is 0.211 e. The fourth-order valence-electron chi connectivity index (χ4n) is 1.83. The summed E-state index contributed by atoms with van der Waals surface area (Å²) < 4.78 is 36.0. The lowest BCUT2D eigenvalue weighted by atomic mass is 10.2. The number of anilines is 1. The van der Waals surface area contributed by atoms with Gasteiger partial charge in [-0.15, -0.1) is 24.0 Å². The Balaban J connectivity index is 0.00000576. The van der Waals surface area contributed by atoms with Crippen LogP contribution in [0.1, 0.15) is 13.8 Å². The number of rotatable bonds is 9. The normalized spacial score (nSPS) is 11.4. The zero-order chi connectivity index (χ0) is 18.0. The van der Waals surface area contributed by atoms with Gasteiger partial charge in [0.2, 0.25) is 10.0 Å². The average molecular weight is 486 g/mol. The third kappa shape index (κ3) is 8.59. The van der Waals surface area contributed by atoms with Crippen LogP contribution in [0.3, 0.4) is 0 Å². The quantitative estimate of drug-likeness (QED) is 0.212. The van der Waals surface area contributed by atoms with Gasteiger partial charge in [0.15, 0.2) is 17.5 Å². The second-order valence-electron chi connectivity index (χ2n) is 4.72. The van der Waals surface area contributed by atoms with Crippen LogP contribution in [0, 0.1) is 0 Å². The van der Waals surface area contributed by atoms with E-state index in [4.69, 9.17) is 9.47 Å². The minimum absolute atomic E-state index is 0. The molecule has 0 spiro atoms. The molecular weight excluding hydrogens is 459 g/mol. The molecule has 0 aliphatic carbocycles. The number of nitrogens with zero attached hydrogens (tertiary/aromatic N) is 1. The number of nitrogens with one attached hydrogen (secondary N) is 3. The molecular formula is C15H27IN4O4S. The molecule has 25 heavy (non-hydrogen) atoms. The molecule has 1 aromatic carbocycles. The van der Waals surface area contributed by atoms with E-state index < -0.39 is 10.0 Å². The van der Waals surface area contributed by atoms with Gasteiger partial charge in [-0.2, -0.15) is 0 Å². The lowest BCUT2D eigenvalue weighted by Crippen LogP contribution is -2.38. The summed E-state index contributed by atoms with van der Waals surface area (Å²) >= 11 is 0. The third-order valence-electron chi connectivity index (χ3n) is 3.07. The van der Waals surface area contributed by atoms with Crippen LogP contribution in [0.4, 0.5) is 5.69 Å². The predicted octanol–water partition coefficient (Wildman–Crippen LogP) is 1.64. The predicted molar refractivity (Wildman–Crippen MR) is 112 cm³/mol. The van der Waals surface area contributed by atoms with Crippen molar-refractivity contribution in [1.29, 1.82) is 0 Å². The molecule has 3 N–H and O–H groups in total. The third-order valence-corrected chi connectivity index (χ3v) is 4.47. The van der Waals surface area contributed by atoms with Gasteiger partial charge in [-0.05, 0) is 26.0 Å². The van der Waals surface area contributed by atoms with Gasteiger partial charge in [0.1, 0.15) is 0 Å². The Morgan fingerprint density at radius 3 is 2.48 bits per heavy atom. The van der Waals surface area contributed by atoms with E-state index in [0.29, 0.717) is 30.6 Å². The van der Waals surface area contributed by atoms with Crippen molar-refractivity contribution in [2.75, 3.05) is 44.9 Å². The van der Waals surface area contributed by atoms with Crippen molar-refractivity contribution in [2.24, 2.45) is 4.99 Å². The first kappa shape index (κ1) is 23.7. The number of benzene rings is 1. The topological polar surface area (TPSA) is 101 Å². The average Bonchev–Trinajstić information content (AvgIpc) is 2.58. The van der Waals surface area contributed by atoms with Crippen molar-refractivity contribution in [3.63, 3.8) is 0 Å². The monoisotopic (exact) mass is 486 g/mol. The van der Waals surface area contributed by atoms with Gasteiger partial charge in [0, 0.05) is 31.9 Å². The molecule has 0 radical (unpaired) electrons. The van der Waals surface area contributed by atoms with Gasteiger partial charge in [0.25, 0.3) is 0 Å². The number of halogens is 1. The summed E-state index contributed by atoms with van der Waals surface area (Å²) in [4.78, 5) is 4.10. The molecule has 10 heteroatoms. The molecule has 0 aromatic heterocycles. The highest BCUT2D eigenvalue weighted by Crippen LogP contribution is 2.30. The number of guanidine groups is 1. The van der Waals surface area contributed by atoms with Crippen molar-refractivity contribution in [2.45, 2.75) is 13.8 Å². The smallest absolute Gasteiger partial charge is 0.211 e. The first-order chi connectivity index (χ1) is 11.5. The summed E-state index contributed by atoms with van der Waals surface area (Å²) in [6.07, 6.45) is 0. The van der Waals surface area contributed by atoms with E-state index in [2.05, 4.69) is 20.3 Å². The number of aliphatic imine (C=N–C) groups is 1. The van der Waals surface area contributed by atoms with Crippen LogP contribution in [0.25, 0.3) is 0 Å². The summed E-state index contributed by atoms with van der Waals surface area (Å²) in [6, 6.07) is 5.46. The summed E-state index contributed by atoms with van der Waals surface area (Å²) in [5.74, 6) is 1.87. The molecule has 1 rings (SSSR count). The molecule has 0 saturated heterocycles. The highest BCUT2D eigenvalue weighted by atomic mass is 127. The molecule has 0 bridgehead atoms. The zero-order valence-electron chi connectivity index (χ0n) is 15.0. The van der Waals surface area contributed by atoms with Gasteiger partial charge in [-0.1, -0.05) is 0 Å². The van der Waals surface area contributed by atoms with E-state index in [1.165, 1.54) is 0 Å².